The van der Waals surface area contributed by atoms with Gasteiger partial charge in [-0.1, -0.05) is 0 Å². The summed E-state index contributed by atoms with van der Waals surface area (Å²) in [6.45, 7) is 3.69. The third-order valence-electron chi connectivity index (χ3n) is 2.94. The minimum absolute atomic E-state index is 0.336. The summed E-state index contributed by atoms with van der Waals surface area (Å²) in [4.78, 5) is 10.8. The first kappa shape index (κ1) is 12.8. The van der Waals surface area contributed by atoms with Gasteiger partial charge in [0.15, 0.2) is 0 Å². The molecule has 1 atom stereocenters. The lowest BCUT2D eigenvalue weighted by Crippen LogP contribution is -2.33. The number of aryl methyl sites for hydroxylation is 1. The molecule has 1 fully saturated rings. The van der Waals surface area contributed by atoms with E-state index in [4.69, 9.17) is 4.74 Å². The van der Waals surface area contributed by atoms with Crippen molar-refractivity contribution >= 4 is 21.7 Å². The van der Waals surface area contributed by atoms with Gasteiger partial charge in [-0.3, -0.25) is 0 Å². The van der Waals surface area contributed by atoms with Crippen molar-refractivity contribution < 1.29 is 4.74 Å². The van der Waals surface area contributed by atoms with E-state index >= 15 is 0 Å². The zero-order valence-corrected chi connectivity index (χ0v) is 11.9. The Hall–Kier alpha value is -0.680. The molecule has 2 heterocycles. The topological polar surface area (TPSA) is 38.2 Å². The van der Waals surface area contributed by atoms with E-state index in [-0.39, 0.29) is 0 Å². The number of anilines is 1. The molecule has 17 heavy (non-hydrogen) atoms. The molecule has 1 saturated heterocycles. The second kappa shape index (κ2) is 5.78. The Morgan fingerprint density at radius 1 is 1.47 bits per heavy atom. The molecule has 94 valence electrons. The van der Waals surface area contributed by atoms with Crippen LogP contribution in [-0.4, -0.2) is 36.3 Å². The van der Waals surface area contributed by atoms with E-state index in [0.29, 0.717) is 6.10 Å². The van der Waals surface area contributed by atoms with Crippen LogP contribution in [0.2, 0.25) is 0 Å². The minimum Gasteiger partial charge on any atom is -0.376 e. The maximum Gasteiger partial charge on any atom is 0.133 e. The van der Waals surface area contributed by atoms with Crippen molar-refractivity contribution in [2.75, 3.05) is 25.1 Å². The third kappa shape index (κ3) is 3.64. The van der Waals surface area contributed by atoms with Gasteiger partial charge in [0.05, 0.1) is 6.10 Å². The fourth-order valence-corrected chi connectivity index (χ4v) is 2.52. The lowest BCUT2D eigenvalue weighted by Gasteiger charge is -2.28. The number of rotatable bonds is 3. The van der Waals surface area contributed by atoms with Gasteiger partial charge in [-0.05, 0) is 42.1 Å². The van der Waals surface area contributed by atoms with E-state index < -0.39 is 0 Å². The molecule has 1 aliphatic rings. The monoisotopic (exact) mass is 299 g/mol. The molecule has 0 saturated carbocycles. The summed E-state index contributed by atoms with van der Waals surface area (Å²) in [5.41, 5.74) is 0. The van der Waals surface area contributed by atoms with Gasteiger partial charge in [0.2, 0.25) is 0 Å². The Morgan fingerprint density at radius 2 is 2.29 bits per heavy atom. The van der Waals surface area contributed by atoms with Crippen LogP contribution in [0.15, 0.2) is 10.7 Å². The summed E-state index contributed by atoms with van der Waals surface area (Å²) in [5.74, 6) is 1.73. The molecule has 0 bridgehead atoms. The molecule has 0 amide bonds. The van der Waals surface area contributed by atoms with Crippen molar-refractivity contribution in [1.29, 1.82) is 0 Å². The van der Waals surface area contributed by atoms with E-state index in [1.807, 2.05) is 20.0 Å². The predicted octanol–water partition coefficient (Wildman–Crippen LogP) is 2.55. The molecule has 4 nitrogen and oxygen atoms in total. The largest absolute Gasteiger partial charge is 0.376 e. The summed E-state index contributed by atoms with van der Waals surface area (Å²) in [6.07, 6.45) is 3.95. The lowest BCUT2D eigenvalue weighted by atomic mass is 10.1. The predicted molar refractivity (Wildman–Crippen MR) is 71.3 cm³/mol. The van der Waals surface area contributed by atoms with Crippen LogP contribution in [0.3, 0.4) is 0 Å². The normalized spacial score (nSPS) is 20.3. The summed E-state index contributed by atoms with van der Waals surface area (Å²) in [5, 5.41) is 0. The first-order chi connectivity index (χ1) is 8.15. The van der Waals surface area contributed by atoms with E-state index in [2.05, 4.69) is 30.8 Å². The van der Waals surface area contributed by atoms with E-state index in [9.17, 15) is 0 Å². The summed E-state index contributed by atoms with van der Waals surface area (Å²) < 4.78 is 6.56. The zero-order chi connectivity index (χ0) is 12.3. The van der Waals surface area contributed by atoms with Gasteiger partial charge < -0.3 is 9.64 Å². The minimum atomic E-state index is 0.336. The van der Waals surface area contributed by atoms with Crippen molar-refractivity contribution in [2.24, 2.45) is 0 Å². The number of nitrogens with zero attached hydrogens (tertiary/aromatic N) is 3. The van der Waals surface area contributed by atoms with Crippen LogP contribution in [0, 0.1) is 6.92 Å². The number of hydrogen-bond acceptors (Lipinski definition) is 4. The molecule has 1 aliphatic heterocycles. The fraction of sp³-hybridized carbons (Fsp3) is 0.667. The molecular formula is C12H18BrN3O. The highest BCUT2D eigenvalue weighted by atomic mass is 79.9. The second-order valence-corrected chi connectivity index (χ2v) is 5.28. The quantitative estimate of drug-likeness (QED) is 0.804. The highest BCUT2D eigenvalue weighted by Crippen LogP contribution is 2.18. The van der Waals surface area contributed by atoms with Gasteiger partial charge in [-0.25, -0.2) is 9.97 Å². The molecule has 2 rings (SSSR count). The Bertz CT molecular complexity index is 360. The first-order valence-electron chi connectivity index (χ1n) is 5.99. The van der Waals surface area contributed by atoms with Gasteiger partial charge >= 0.3 is 0 Å². The summed E-state index contributed by atoms with van der Waals surface area (Å²) in [7, 11) is 2.05. The number of ether oxygens (including phenoxy) is 1. The molecule has 1 unspecified atom stereocenters. The van der Waals surface area contributed by atoms with Crippen LogP contribution in [0.5, 0.6) is 0 Å². The molecule has 0 aromatic carbocycles. The standard InChI is InChI=1S/C12H18BrN3O/c1-9-14-11(13)7-12(15-9)16(2)8-10-5-3-4-6-17-10/h7,10H,3-6,8H2,1-2H3. The van der Waals surface area contributed by atoms with Crippen molar-refractivity contribution in [3.8, 4) is 0 Å². The Morgan fingerprint density at radius 3 is 2.94 bits per heavy atom. The smallest absolute Gasteiger partial charge is 0.133 e. The van der Waals surface area contributed by atoms with Crippen LogP contribution in [0.4, 0.5) is 5.82 Å². The van der Waals surface area contributed by atoms with E-state index in [0.717, 1.165) is 35.8 Å². The Kier molecular flexibility index (Phi) is 4.34. The van der Waals surface area contributed by atoms with Gasteiger partial charge in [0.25, 0.3) is 0 Å². The molecule has 1 aromatic rings. The second-order valence-electron chi connectivity index (χ2n) is 4.47. The molecule has 1 aromatic heterocycles. The van der Waals surface area contributed by atoms with Gasteiger partial charge in [0, 0.05) is 26.3 Å². The van der Waals surface area contributed by atoms with Crippen LogP contribution in [0.25, 0.3) is 0 Å². The highest BCUT2D eigenvalue weighted by Gasteiger charge is 2.17. The Labute approximate surface area is 111 Å². The maximum atomic E-state index is 5.73. The third-order valence-corrected chi connectivity index (χ3v) is 3.34. The fourth-order valence-electron chi connectivity index (χ4n) is 2.06. The van der Waals surface area contributed by atoms with Gasteiger partial charge in [-0.15, -0.1) is 0 Å². The molecule has 5 heteroatoms. The van der Waals surface area contributed by atoms with Crippen LogP contribution >= 0.6 is 15.9 Å². The number of hydrogen-bond donors (Lipinski definition) is 0. The number of halogens is 1. The van der Waals surface area contributed by atoms with Crippen LogP contribution in [0.1, 0.15) is 25.1 Å². The molecule has 0 N–H and O–H groups in total. The molecule has 0 radical (unpaired) electrons. The van der Waals surface area contributed by atoms with Crippen LogP contribution in [-0.2, 0) is 4.74 Å². The lowest BCUT2D eigenvalue weighted by molar-refractivity contribution is 0.0215. The van der Waals surface area contributed by atoms with Crippen molar-refractivity contribution in [2.45, 2.75) is 32.3 Å². The SMILES string of the molecule is Cc1nc(Br)cc(N(C)CC2CCCCO2)n1. The average Bonchev–Trinajstić information content (AvgIpc) is 2.29. The number of likely N-dealkylation sites (N-methyl/N-ethyl adjacent to an activating group) is 1. The summed E-state index contributed by atoms with van der Waals surface area (Å²) >= 11 is 3.40. The highest BCUT2D eigenvalue weighted by molar-refractivity contribution is 9.10. The van der Waals surface area contributed by atoms with Crippen LogP contribution < -0.4 is 4.90 Å². The van der Waals surface area contributed by atoms with Gasteiger partial charge in [-0.2, -0.15) is 0 Å². The Balaban J connectivity index is 2.00. The van der Waals surface area contributed by atoms with Crippen molar-refractivity contribution in [1.82, 2.24) is 9.97 Å². The first-order valence-corrected chi connectivity index (χ1v) is 6.78. The van der Waals surface area contributed by atoms with Crippen molar-refractivity contribution in [3.05, 3.63) is 16.5 Å². The molecule has 0 aliphatic carbocycles. The van der Waals surface area contributed by atoms with Gasteiger partial charge in [0.1, 0.15) is 16.2 Å². The van der Waals surface area contributed by atoms with E-state index in [1.165, 1.54) is 12.8 Å². The molecular weight excluding hydrogens is 282 g/mol. The maximum absolute atomic E-state index is 5.73. The van der Waals surface area contributed by atoms with Crippen molar-refractivity contribution in [3.63, 3.8) is 0 Å². The zero-order valence-electron chi connectivity index (χ0n) is 10.3. The molecule has 0 spiro atoms. The average molecular weight is 300 g/mol. The number of aromatic nitrogens is 2. The van der Waals surface area contributed by atoms with E-state index in [1.54, 1.807) is 0 Å². The summed E-state index contributed by atoms with van der Waals surface area (Å²) in [6, 6.07) is 1.94.